The molecular weight excluding hydrogens is 401 g/mol. The van der Waals surface area contributed by atoms with E-state index in [9.17, 15) is 31.2 Å². The van der Waals surface area contributed by atoms with Gasteiger partial charge in [0.15, 0.2) is 6.61 Å². The van der Waals surface area contributed by atoms with E-state index < -0.39 is 52.5 Å². The van der Waals surface area contributed by atoms with Crippen LogP contribution in [-0.2, 0) is 24.3 Å². The predicted molar refractivity (Wildman–Crippen MR) is 92.2 cm³/mol. The fourth-order valence-electron chi connectivity index (χ4n) is 2.02. The number of anilines is 1. The van der Waals surface area contributed by atoms with Gasteiger partial charge in [0.2, 0.25) is 10.0 Å². The highest BCUT2D eigenvalue weighted by Gasteiger charge is 2.24. The molecule has 0 spiro atoms. The van der Waals surface area contributed by atoms with Crippen LogP contribution in [0.2, 0.25) is 0 Å². The molecule has 0 aliphatic carbocycles. The standard InChI is InChI=1S/C17H15F3N2O5S/c1-22(28(25,26)13-5-2-11(18)3-6-13)9-17(24)27-10-16(23)21-15-7-4-12(19)8-14(15)20/h2-8H,9-10H2,1H3,(H,21,23). The number of hydrogen-bond donors (Lipinski definition) is 1. The monoisotopic (exact) mass is 416 g/mol. The molecule has 0 aliphatic rings. The third kappa shape index (κ3) is 5.54. The molecule has 150 valence electrons. The van der Waals surface area contributed by atoms with Gasteiger partial charge in [-0.3, -0.25) is 9.59 Å². The first kappa shape index (κ1) is 21.4. The molecular formula is C17H15F3N2O5S. The lowest BCUT2D eigenvalue weighted by Gasteiger charge is -2.16. The molecule has 0 radical (unpaired) electrons. The van der Waals surface area contributed by atoms with Crippen molar-refractivity contribution in [2.45, 2.75) is 4.90 Å². The number of halogens is 3. The molecule has 11 heteroatoms. The minimum absolute atomic E-state index is 0.228. The Kier molecular flexibility index (Phi) is 6.75. The average Bonchev–Trinajstić information content (AvgIpc) is 2.62. The molecule has 0 aliphatic heterocycles. The molecule has 2 rings (SSSR count). The molecule has 2 aromatic carbocycles. The van der Waals surface area contributed by atoms with Gasteiger partial charge in [-0.05, 0) is 36.4 Å². The highest BCUT2D eigenvalue weighted by atomic mass is 32.2. The number of carbonyl (C=O) groups is 2. The zero-order valence-corrected chi connectivity index (χ0v) is 15.3. The fourth-order valence-corrected chi connectivity index (χ4v) is 3.14. The van der Waals surface area contributed by atoms with Gasteiger partial charge in [0, 0.05) is 13.1 Å². The first-order valence-electron chi connectivity index (χ1n) is 7.72. The minimum Gasteiger partial charge on any atom is -0.455 e. The normalized spacial score (nSPS) is 11.3. The van der Waals surface area contributed by atoms with Gasteiger partial charge in [0.1, 0.15) is 24.0 Å². The van der Waals surface area contributed by atoms with Crippen LogP contribution < -0.4 is 5.32 Å². The largest absolute Gasteiger partial charge is 0.455 e. The maximum Gasteiger partial charge on any atom is 0.321 e. The van der Waals surface area contributed by atoms with Crippen LogP contribution in [0.3, 0.4) is 0 Å². The van der Waals surface area contributed by atoms with Crippen molar-refractivity contribution >= 4 is 27.6 Å². The molecule has 0 atom stereocenters. The summed E-state index contributed by atoms with van der Waals surface area (Å²) in [6.45, 7) is -1.52. The summed E-state index contributed by atoms with van der Waals surface area (Å²) in [5.41, 5.74) is -0.307. The Labute approximate surface area is 158 Å². The predicted octanol–water partition coefficient (Wildman–Crippen LogP) is 1.91. The van der Waals surface area contributed by atoms with Gasteiger partial charge in [-0.15, -0.1) is 0 Å². The quantitative estimate of drug-likeness (QED) is 0.696. The number of sulfonamides is 1. The van der Waals surface area contributed by atoms with E-state index >= 15 is 0 Å². The van der Waals surface area contributed by atoms with Crippen LogP contribution in [0.15, 0.2) is 47.4 Å². The Balaban J connectivity index is 1.89. The van der Waals surface area contributed by atoms with Gasteiger partial charge in [-0.25, -0.2) is 21.6 Å². The zero-order valence-electron chi connectivity index (χ0n) is 14.5. The lowest BCUT2D eigenvalue weighted by molar-refractivity contribution is -0.147. The third-order valence-electron chi connectivity index (χ3n) is 3.44. The Bertz CT molecular complexity index is 981. The molecule has 0 saturated heterocycles. The van der Waals surface area contributed by atoms with E-state index in [2.05, 4.69) is 10.1 Å². The van der Waals surface area contributed by atoms with E-state index in [1.807, 2.05) is 0 Å². The number of rotatable bonds is 7. The van der Waals surface area contributed by atoms with E-state index in [1.54, 1.807) is 0 Å². The number of ether oxygens (including phenoxy) is 1. The summed E-state index contributed by atoms with van der Waals surface area (Å²) < 4.78 is 69.0. The number of hydrogen-bond acceptors (Lipinski definition) is 5. The van der Waals surface area contributed by atoms with E-state index in [1.165, 1.54) is 0 Å². The van der Waals surface area contributed by atoms with Gasteiger partial charge in [0.05, 0.1) is 10.6 Å². The maximum atomic E-state index is 13.4. The summed E-state index contributed by atoms with van der Waals surface area (Å²) in [6, 6.07) is 6.48. The van der Waals surface area contributed by atoms with Crippen LogP contribution in [0, 0.1) is 17.5 Å². The summed E-state index contributed by atoms with van der Waals surface area (Å²) in [7, 11) is -2.96. The van der Waals surface area contributed by atoms with Crippen molar-refractivity contribution in [2.75, 3.05) is 25.5 Å². The highest BCUT2D eigenvalue weighted by molar-refractivity contribution is 7.89. The second-order valence-electron chi connectivity index (χ2n) is 5.55. The lowest BCUT2D eigenvalue weighted by atomic mass is 10.3. The number of amides is 1. The Hall–Kier alpha value is -2.92. The molecule has 0 heterocycles. The highest BCUT2D eigenvalue weighted by Crippen LogP contribution is 2.16. The van der Waals surface area contributed by atoms with Crippen molar-refractivity contribution in [1.82, 2.24) is 4.31 Å². The molecule has 2 aromatic rings. The summed E-state index contributed by atoms with van der Waals surface area (Å²) in [4.78, 5) is 23.2. The van der Waals surface area contributed by atoms with Crippen molar-refractivity contribution in [3.63, 3.8) is 0 Å². The number of nitrogens with one attached hydrogen (secondary N) is 1. The van der Waals surface area contributed by atoms with E-state index in [0.717, 1.165) is 43.4 Å². The van der Waals surface area contributed by atoms with Gasteiger partial charge in [-0.2, -0.15) is 4.31 Å². The van der Waals surface area contributed by atoms with Crippen molar-refractivity contribution in [2.24, 2.45) is 0 Å². The third-order valence-corrected chi connectivity index (χ3v) is 5.26. The van der Waals surface area contributed by atoms with Gasteiger partial charge >= 0.3 is 5.97 Å². The summed E-state index contributed by atoms with van der Waals surface area (Å²) in [6.07, 6.45) is 0. The molecule has 0 aromatic heterocycles. The van der Waals surface area contributed by atoms with Crippen LogP contribution in [0.25, 0.3) is 0 Å². The van der Waals surface area contributed by atoms with E-state index in [0.29, 0.717) is 10.4 Å². The minimum atomic E-state index is -4.07. The van der Waals surface area contributed by atoms with Gasteiger partial charge < -0.3 is 10.1 Å². The Morgan fingerprint density at radius 3 is 2.25 bits per heavy atom. The lowest BCUT2D eigenvalue weighted by Crippen LogP contribution is -2.34. The second-order valence-corrected chi connectivity index (χ2v) is 7.59. The van der Waals surface area contributed by atoms with Gasteiger partial charge in [0.25, 0.3) is 5.91 Å². The Morgan fingerprint density at radius 1 is 1.04 bits per heavy atom. The first-order valence-corrected chi connectivity index (χ1v) is 9.16. The summed E-state index contributed by atoms with van der Waals surface area (Å²) >= 11 is 0. The molecule has 7 nitrogen and oxygen atoms in total. The van der Waals surface area contributed by atoms with Crippen molar-refractivity contribution in [3.05, 3.63) is 59.9 Å². The van der Waals surface area contributed by atoms with E-state index in [-0.39, 0.29) is 10.6 Å². The molecule has 0 saturated carbocycles. The Morgan fingerprint density at radius 2 is 1.64 bits per heavy atom. The molecule has 1 amide bonds. The fraction of sp³-hybridized carbons (Fsp3) is 0.176. The van der Waals surface area contributed by atoms with Crippen LogP contribution in [0.5, 0.6) is 0 Å². The summed E-state index contributed by atoms with van der Waals surface area (Å²) in [5, 5.41) is 2.08. The molecule has 0 fully saturated rings. The topological polar surface area (TPSA) is 92.8 Å². The molecule has 1 N–H and O–H groups in total. The number of nitrogens with zero attached hydrogens (tertiary/aromatic N) is 1. The zero-order chi connectivity index (χ0) is 20.9. The average molecular weight is 416 g/mol. The molecule has 28 heavy (non-hydrogen) atoms. The number of likely N-dealkylation sites (N-methyl/N-ethyl adjacent to an activating group) is 1. The van der Waals surface area contributed by atoms with Crippen LogP contribution in [-0.4, -0.2) is 44.8 Å². The van der Waals surface area contributed by atoms with Crippen LogP contribution >= 0.6 is 0 Å². The first-order chi connectivity index (χ1) is 13.1. The number of esters is 1. The number of carbonyl (C=O) groups excluding carboxylic acids is 2. The second kappa shape index (κ2) is 8.85. The van der Waals surface area contributed by atoms with Crippen molar-refractivity contribution in [3.8, 4) is 0 Å². The summed E-state index contributed by atoms with van der Waals surface area (Å²) in [5.74, 6) is -4.40. The van der Waals surface area contributed by atoms with Gasteiger partial charge in [-0.1, -0.05) is 0 Å². The maximum absolute atomic E-state index is 13.4. The van der Waals surface area contributed by atoms with Crippen molar-refractivity contribution < 1.29 is 35.9 Å². The molecule has 0 unspecified atom stereocenters. The van der Waals surface area contributed by atoms with Crippen molar-refractivity contribution in [1.29, 1.82) is 0 Å². The smallest absolute Gasteiger partial charge is 0.321 e. The van der Waals surface area contributed by atoms with E-state index in [4.69, 9.17) is 0 Å². The van der Waals surface area contributed by atoms with Crippen LogP contribution in [0.1, 0.15) is 0 Å². The number of benzene rings is 2. The molecule has 0 bridgehead atoms. The van der Waals surface area contributed by atoms with Crippen LogP contribution in [0.4, 0.5) is 18.9 Å². The SMILES string of the molecule is CN(CC(=O)OCC(=O)Nc1ccc(F)cc1F)S(=O)(=O)c1ccc(F)cc1.